The van der Waals surface area contributed by atoms with Crippen LogP contribution in [0.5, 0.6) is 5.75 Å². The second kappa shape index (κ2) is 9.34. The molecular weight excluding hydrogens is 414 g/mol. The van der Waals surface area contributed by atoms with Crippen LogP contribution in [0, 0.1) is 16.0 Å². The van der Waals surface area contributed by atoms with Gasteiger partial charge in [0.05, 0.1) is 9.83 Å². The van der Waals surface area contributed by atoms with Crippen molar-refractivity contribution in [1.82, 2.24) is 4.90 Å². The molecule has 1 saturated heterocycles. The Hall–Kier alpha value is -3.13. The number of aliphatic imine (C=N–C) groups is 1. The van der Waals surface area contributed by atoms with Gasteiger partial charge in [-0.3, -0.25) is 14.9 Å². The highest BCUT2D eigenvalue weighted by molar-refractivity contribution is 8.18. The zero-order valence-electron chi connectivity index (χ0n) is 17.2. The highest BCUT2D eigenvalue weighted by Crippen LogP contribution is 2.32. The van der Waals surface area contributed by atoms with E-state index in [1.807, 2.05) is 30.3 Å². The first-order valence-corrected chi connectivity index (χ1v) is 11.0. The summed E-state index contributed by atoms with van der Waals surface area (Å²) < 4.78 is 5.75. The smallest absolute Gasteiger partial charge is 0.286 e. The van der Waals surface area contributed by atoms with Crippen molar-refractivity contribution in [2.24, 2.45) is 10.9 Å². The molecular formula is C23H23N3O4S. The molecule has 0 unspecified atom stereocenters. The number of carbonyl (C=O) groups is 1. The van der Waals surface area contributed by atoms with Gasteiger partial charge in [0.15, 0.2) is 5.17 Å². The number of carbonyl (C=O) groups excluding carboxylic acids is 1. The van der Waals surface area contributed by atoms with E-state index in [9.17, 15) is 14.9 Å². The molecule has 8 heteroatoms. The van der Waals surface area contributed by atoms with E-state index in [-0.39, 0.29) is 11.6 Å². The molecule has 0 radical (unpaired) electrons. The molecule has 160 valence electrons. The molecule has 0 aromatic heterocycles. The first-order chi connectivity index (χ1) is 15.0. The van der Waals surface area contributed by atoms with Crippen molar-refractivity contribution >= 4 is 34.6 Å². The van der Waals surface area contributed by atoms with Crippen LogP contribution in [-0.4, -0.2) is 34.0 Å². The van der Waals surface area contributed by atoms with E-state index in [0.29, 0.717) is 17.3 Å². The topological polar surface area (TPSA) is 85.0 Å². The number of thioether (sulfide) groups is 1. The second-order valence-corrected chi connectivity index (χ2v) is 8.77. The average molecular weight is 438 g/mol. The highest BCUT2D eigenvalue weighted by Gasteiger charge is 2.28. The molecule has 2 aromatic carbocycles. The van der Waals surface area contributed by atoms with E-state index in [2.05, 4.69) is 16.8 Å². The van der Waals surface area contributed by atoms with Crippen molar-refractivity contribution in [3.8, 4) is 5.75 Å². The van der Waals surface area contributed by atoms with Crippen LogP contribution in [0.15, 0.2) is 58.4 Å². The minimum Gasteiger partial charge on any atom is -0.489 e. The number of hydrogen-bond acceptors (Lipinski definition) is 6. The van der Waals surface area contributed by atoms with Crippen LogP contribution in [-0.2, 0) is 11.4 Å². The Morgan fingerprint density at radius 3 is 2.48 bits per heavy atom. The maximum Gasteiger partial charge on any atom is 0.286 e. The summed E-state index contributed by atoms with van der Waals surface area (Å²) in [6, 6.07) is 13.8. The van der Waals surface area contributed by atoms with Crippen LogP contribution in [0.1, 0.15) is 30.9 Å². The molecule has 0 atom stereocenters. The molecule has 0 aliphatic carbocycles. The number of ether oxygens (including phenoxy) is 1. The fourth-order valence-electron chi connectivity index (χ4n) is 3.43. The minimum absolute atomic E-state index is 0.0578. The van der Waals surface area contributed by atoms with Crippen molar-refractivity contribution in [1.29, 1.82) is 0 Å². The third-order valence-corrected chi connectivity index (χ3v) is 6.44. The summed E-state index contributed by atoms with van der Waals surface area (Å²) in [5.41, 5.74) is 1.81. The molecule has 2 heterocycles. The minimum atomic E-state index is -0.424. The Balaban J connectivity index is 1.33. The summed E-state index contributed by atoms with van der Waals surface area (Å²) in [6.45, 7) is 4.48. The SMILES string of the molecule is CC1CCN(C2=NC(=O)C(=Cc3ccc(OCc4ccc([N+](=O)[O-])cc4)cc3)S2)CC1. The number of nitro groups is 1. The fourth-order valence-corrected chi connectivity index (χ4v) is 4.39. The van der Waals surface area contributed by atoms with Gasteiger partial charge in [-0.15, -0.1) is 0 Å². The summed E-state index contributed by atoms with van der Waals surface area (Å²) in [7, 11) is 0. The predicted octanol–water partition coefficient (Wildman–Crippen LogP) is 4.88. The number of piperidine rings is 1. The van der Waals surface area contributed by atoms with Gasteiger partial charge in [-0.05, 0) is 72.0 Å². The standard InChI is InChI=1S/C23H23N3O4S/c1-16-10-12-25(13-11-16)23-24-22(27)21(31-23)14-17-4-8-20(9-5-17)30-15-18-2-6-19(7-3-18)26(28)29/h2-9,14,16H,10-13,15H2,1H3. The van der Waals surface area contributed by atoms with Crippen molar-refractivity contribution in [3.63, 3.8) is 0 Å². The van der Waals surface area contributed by atoms with Crippen LogP contribution in [0.2, 0.25) is 0 Å². The number of nitrogens with zero attached hydrogens (tertiary/aromatic N) is 3. The molecule has 2 aromatic rings. The van der Waals surface area contributed by atoms with Crippen molar-refractivity contribution in [3.05, 3.63) is 74.7 Å². The van der Waals surface area contributed by atoms with Crippen molar-refractivity contribution in [2.75, 3.05) is 13.1 Å². The van der Waals surface area contributed by atoms with E-state index >= 15 is 0 Å². The summed E-state index contributed by atoms with van der Waals surface area (Å²) in [5, 5.41) is 11.5. The first-order valence-electron chi connectivity index (χ1n) is 10.2. The van der Waals surface area contributed by atoms with Crippen LogP contribution in [0.25, 0.3) is 6.08 Å². The van der Waals surface area contributed by atoms with E-state index in [0.717, 1.165) is 48.1 Å². The number of nitro benzene ring substituents is 1. The Labute approximate surface area is 185 Å². The van der Waals surface area contributed by atoms with Gasteiger partial charge >= 0.3 is 0 Å². The molecule has 4 rings (SSSR count). The van der Waals surface area contributed by atoms with E-state index in [1.54, 1.807) is 12.1 Å². The Morgan fingerprint density at radius 2 is 1.84 bits per heavy atom. The van der Waals surface area contributed by atoms with Gasteiger partial charge in [0.1, 0.15) is 12.4 Å². The monoisotopic (exact) mass is 437 g/mol. The molecule has 0 saturated carbocycles. The lowest BCUT2D eigenvalue weighted by Crippen LogP contribution is -2.35. The maximum atomic E-state index is 12.3. The lowest BCUT2D eigenvalue weighted by molar-refractivity contribution is -0.384. The number of likely N-dealkylation sites (tertiary alicyclic amines) is 1. The third-order valence-electron chi connectivity index (χ3n) is 5.39. The van der Waals surface area contributed by atoms with Gasteiger partial charge in [-0.1, -0.05) is 19.1 Å². The van der Waals surface area contributed by atoms with Gasteiger partial charge in [-0.25, -0.2) is 0 Å². The Kier molecular flexibility index (Phi) is 6.36. The van der Waals surface area contributed by atoms with Gasteiger partial charge in [0, 0.05) is 25.2 Å². The molecule has 1 fully saturated rings. The molecule has 1 amide bonds. The van der Waals surface area contributed by atoms with E-state index < -0.39 is 4.92 Å². The molecule has 31 heavy (non-hydrogen) atoms. The zero-order valence-corrected chi connectivity index (χ0v) is 18.0. The average Bonchev–Trinajstić information content (AvgIpc) is 3.14. The maximum absolute atomic E-state index is 12.3. The Bertz CT molecular complexity index is 1020. The molecule has 0 spiro atoms. The highest BCUT2D eigenvalue weighted by atomic mass is 32.2. The van der Waals surface area contributed by atoms with E-state index in [4.69, 9.17) is 4.74 Å². The number of benzene rings is 2. The summed E-state index contributed by atoms with van der Waals surface area (Å²) in [5.74, 6) is 1.23. The number of hydrogen-bond donors (Lipinski definition) is 0. The van der Waals surface area contributed by atoms with Crippen LogP contribution in [0.3, 0.4) is 0 Å². The molecule has 0 bridgehead atoms. The first kappa shape index (κ1) is 21.1. The molecule has 0 N–H and O–H groups in total. The van der Waals surface area contributed by atoms with Crippen LogP contribution >= 0.6 is 11.8 Å². The zero-order chi connectivity index (χ0) is 21.8. The number of non-ortho nitro benzene ring substituents is 1. The van der Waals surface area contributed by atoms with Crippen LogP contribution in [0.4, 0.5) is 5.69 Å². The lowest BCUT2D eigenvalue weighted by Gasteiger charge is -2.30. The third kappa shape index (κ3) is 5.32. The van der Waals surface area contributed by atoms with E-state index in [1.165, 1.54) is 23.9 Å². The van der Waals surface area contributed by atoms with Crippen molar-refractivity contribution < 1.29 is 14.5 Å². The predicted molar refractivity (Wildman–Crippen MR) is 122 cm³/mol. The van der Waals surface area contributed by atoms with Crippen LogP contribution < -0.4 is 4.74 Å². The summed E-state index contributed by atoms with van der Waals surface area (Å²) >= 11 is 1.44. The van der Waals surface area contributed by atoms with Gasteiger partial charge in [0.25, 0.3) is 11.6 Å². The summed E-state index contributed by atoms with van der Waals surface area (Å²) in [4.78, 5) is 29.7. The molecule has 2 aliphatic heterocycles. The van der Waals surface area contributed by atoms with Gasteiger partial charge < -0.3 is 9.64 Å². The number of rotatable bonds is 5. The second-order valence-electron chi connectivity index (χ2n) is 7.76. The normalized spacial score (nSPS) is 18.4. The lowest BCUT2D eigenvalue weighted by atomic mass is 10.00. The number of amides is 1. The fraction of sp³-hybridized carbons (Fsp3) is 0.304. The molecule has 7 nitrogen and oxygen atoms in total. The van der Waals surface area contributed by atoms with Gasteiger partial charge in [-0.2, -0.15) is 4.99 Å². The molecule has 2 aliphatic rings. The van der Waals surface area contributed by atoms with Gasteiger partial charge in [0.2, 0.25) is 0 Å². The number of amidine groups is 1. The summed E-state index contributed by atoms with van der Waals surface area (Å²) in [6.07, 6.45) is 4.12. The largest absolute Gasteiger partial charge is 0.489 e. The quantitative estimate of drug-likeness (QED) is 0.377. The van der Waals surface area contributed by atoms with Crippen molar-refractivity contribution in [2.45, 2.75) is 26.4 Å². The Morgan fingerprint density at radius 1 is 1.16 bits per heavy atom.